The van der Waals surface area contributed by atoms with Crippen molar-refractivity contribution in [3.05, 3.63) is 82.9 Å². The first-order chi connectivity index (χ1) is 12.7. The summed E-state index contributed by atoms with van der Waals surface area (Å²) in [6.45, 7) is 1.25. The summed E-state index contributed by atoms with van der Waals surface area (Å²) in [5.74, 6) is -0.0625. The van der Waals surface area contributed by atoms with Crippen LogP contribution in [0.2, 0.25) is 0 Å². The second-order valence-electron chi connectivity index (χ2n) is 6.38. The van der Waals surface area contributed by atoms with Gasteiger partial charge in [-0.3, -0.25) is 14.2 Å². The number of carbonyl (C=O) groups is 1. The molecule has 130 valence electrons. The standard InChI is InChI=1S/C21H19N3O2/c25-20(14-24-15-22-19-9-5-4-8-18(19)21(24)26)23-12-10-17(11-13-23)16-6-2-1-3-7-16/h1-10,15H,11-14H2. The Bertz CT molecular complexity index is 1040. The first-order valence-electron chi connectivity index (χ1n) is 8.69. The number of benzene rings is 2. The van der Waals surface area contributed by atoms with E-state index in [1.807, 2.05) is 24.3 Å². The van der Waals surface area contributed by atoms with E-state index in [1.165, 1.54) is 22.0 Å². The number of fused-ring (bicyclic) bond motifs is 1. The molecule has 1 aliphatic rings. The predicted molar refractivity (Wildman–Crippen MR) is 102 cm³/mol. The van der Waals surface area contributed by atoms with Gasteiger partial charge in [0.05, 0.1) is 17.2 Å². The third-order valence-corrected chi connectivity index (χ3v) is 4.74. The van der Waals surface area contributed by atoms with Crippen molar-refractivity contribution in [2.45, 2.75) is 13.0 Å². The lowest BCUT2D eigenvalue weighted by molar-refractivity contribution is -0.131. The summed E-state index contributed by atoms with van der Waals surface area (Å²) in [6.07, 6.45) is 4.37. The number of aromatic nitrogens is 2. The van der Waals surface area contributed by atoms with Gasteiger partial charge in [0.25, 0.3) is 5.56 Å². The minimum absolute atomic E-state index is 0.0190. The number of hydrogen-bond acceptors (Lipinski definition) is 3. The van der Waals surface area contributed by atoms with Crippen LogP contribution in [0.15, 0.2) is 71.8 Å². The summed E-state index contributed by atoms with van der Waals surface area (Å²) < 4.78 is 1.39. The Labute approximate surface area is 151 Å². The molecule has 1 aliphatic heterocycles. The van der Waals surface area contributed by atoms with Gasteiger partial charge in [-0.25, -0.2) is 4.98 Å². The Morgan fingerprint density at radius 3 is 2.58 bits per heavy atom. The van der Waals surface area contributed by atoms with Crippen LogP contribution in [0.4, 0.5) is 0 Å². The van der Waals surface area contributed by atoms with E-state index in [0.29, 0.717) is 24.0 Å². The molecule has 5 nitrogen and oxygen atoms in total. The fourth-order valence-corrected chi connectivity index (χ4v) is 3.27. The van der Waals surface area contributed by atoms with Gasteiger partial charge in [-0.1, -0.05) is 48.5 Å². The highest BCUT2D eigenvalue weighted by Crippen LogP contribution is 2.22. The Kier molecular flexibility index (Phi) is 4.35. The Balaban J connectivity index is 1.49. The van der Waals surface area contributed by atoms with E-state index in [1.54, 1.807) is 23.1 Å². The van der Waals surface area contributed by atoms with Crippen LogP contribution in [0.3, 0.4) is 0 Å². The molecule has 1 aromatic heterocycles. The van der Waals surface area contributed by atoms with Crippen LogP contribution in [-0.4, -0.2) is 33.4 Å². The highest BCUT2D eigenvalue weighted by Gasteiger charge is 2.19. The lowest BCUT2D eigenvalue weighted by Crippen LogP contribution is -2.39. The van der Waals surface area contributed by atoms with Crippen LogP contribution in [-0.2, 0) is 11.3 Å². The monoisotopic (exact) mass is 345 g/mol. The zero-order valence-corrected chi connectivity index (χ0v) is 14.3. The highest BCUT2D eigenvalue weighted by molar-refractivity contribution is 5.80. The molecule has 5 heteroatoms. The molecule has 3 aromatic rings. The smallest absolute Gasteiger partial charge is 0.261 e. The fraction of sp³-hybridized carbons (Fsp3) is 0.190. The van der Waals surface area contributed by atoms with Crippen LogP contribution >= 0.6 is 0 Å². The predicted octanol–water partition coefficient (Wildman–Crippen LogP) is 2.71. The first-order valence-corrected chi connectivity index (χ1v) is 8.69. The summed E-state index contributed by atoms with van der Waals surface area (Å²) in [6, 6.07) is 17.4. The Morgan fingerprint density at radius 2 is 1.81 bits per heavy atom. The molecule has 2 aromatic carbocycles. The van der Waals surface area contributed by atoms with Crippen LogP contribution in [0.1, 0.15) is 12.0 Å². The number of nitrogens with zero attached hydrogens (tertiary/aromatic N) is 3. The van der Waals surface area contributed by atoms with E-state index >= 15 is 0 Å². The van der Waals surface area contributed by atoms with E-state index in [2.05, 4.69) is 23.2 Å². The summed E-state index contributed by atoms with van der Waals surface area (Å²) in [5.41, 5.74) is 2.94. The molecule has 0 fully saturated rings. The largest absolute Gasteiger partial charge is 0.337 e. The van der Waals surface area contributed by atoms with Crippen LogP contribution in [0, 0.1) is 0 Å². The third kappa shape index (κ3) is 3.16. The molecular formula is C21H19N3O2. The molecule has 0 radical (unpaired) electrons. The minimum atomic E-state index is -0.179. The van der Waals surface area contributed by atoms with Gasteiger partial charge in [-0.05, 0) is 29.7 Å². The molecule has 0 unspecified atom stereocenters. The highest BCUT2D eigenvalue weighted by atomic mass is 16.2. The van der Waals surface area contributed by atoms with Gasteiger partial charge < -0.3 is 4.90 Å². The zero-order chi connectivity index (χ0) is 17.9. The third-order valence-electron chi connectivity index (χ3n) is 4.74. The number of amides is 1. The summed E-state index contributed by atoms with van der Waals surface area (Å²) in [4.78, 5) is 31.2. The average molecular weight is 345 g/mol. The van der Waals surface area contributed by atoms with Crippen molar-refractivity contribution in [3.63, 3.8) is 0 Å². The molecule has 1 amide bonds. The minimum Gasteiger partial charge on any atom is -0.337 e. The second kappa shape index (κ2) is 6.96. The topological polar surface area (TPSA) is 55.2 Å². The van der Waals surface area contributed by atoms with Gasteiger partial charge in [-0.15, -0.1) is 0 Å². The molecule has 0 bridgehead atoms. The number of para-hydroxylation sites is 1. The molecular weight excluding hydrogens is 326 g/mol. The maximum absolute atomic E-state index is 12.6. The molecule has 0 saturated heterocycles. The van der Waals surface area contributed by atoms with Crippen molar-refractivity contribution in [3.8, 4) is 0 Å². The number of hydrogen-bond donors (Lipinski definition) is 0. The molecule has 0 spiro atoms. The second-order valence-corrected chi connectivity index (χ2v) is 6.38. The SMILES string of the molecule is O=C(Cn1cnc2ccccc2c1=O)N1CC=C(c2ccccc2)CC1. The summed E-state index contributed by atoms with van der Waals surface area (Å²) in [5, 5.41) is 0.535. The van der Waals surface area contributed by atoms with Gasteiger partial charge in [0, 0.05) is 13.1 Å². The quantitative estimate of drug-likeness (QED) is 0.733. The average Bonchev–Trinajstić information content (AvgIpc) is 2.71. The van der Waals surface area contributed by atoms with Crippen molar-refractivity contribution in [2.24, 2.45) is 0 Å². The first kappa shape index (κ1) is 16.3. The Morgan fingerprint density at radius 1 is 1.04 bits per heavy atom. The van der Waals surface area contributed by atoms with Gasteiger partial charge in [0.2, 0.25) is 5.91 Å². The van der Waals surface area contributed by atoms with Gasteiger partial charge >= 0.3 is 0 Å². The van der Waals surface area contributed by atoms with Gasteiger partial charge in [0.15, 0.2) is 0 Å². The van der Waals surface area contributed by atoms with E-state index in [9.17, 15) is 9.59 Å². The summed E-state index contributed by atoms with van der Waals surface area (Å²) in [7, 11) is 0. The molecule has 0 N–H and O–H groups in total. The van der Waals surface area contributed by atoms with Crippen molar-refractivity contribution >= 4 is 22.4 Å². The van der Waals surface area contributed by atoms with E-state index < -0.39 is 0 Å². The van der Waals surface area contributed by atoms with E-state index in [-0.39, 0.29) is 18.0 Å². The van der Waals surface area contributed by atoms with E-state index in [4.69, 9.17) is 0 Å². The molecule has 2 heterocycles. The fourth-order valence-electron chi connectivity index (χ4n) is 3.27. The lowest BCUT2D eigenvalue weighted by Gasteiger charge is -2.27. The maximum atomic E-state index is 12.6. The van der Waals surface area contributed by atoms with Gasteiger partial charge in [0.1, 0.15) is 6.54 Å². The van der Waals surface area contributed by atoms with Crippen molar-refractivity contribution in [2.75, 3.05) is 13.1 Å². The zero-order valence-electron chi connectivity index (χ0n) is 14.3. The van der Waals surface area contributed by atoms with E-state index in [0.717, 1.165) is 6.42 Å². The van der Waals surface area contributed by atoms with Crippen molar-refractivity contribution in [1.29, 1.82) is 0 Å². The molecule has 26 heavy (non-hydrogen) atoms. The van der Waals surface area contributed by atoms with Crippen LogP contribution in [0.5, 0.6) is 0 Å². The van der Waals surface area contributed by atoms with Crippen molar-refractivity contribution < 1.29 is 4.79 Å². The normalized spacial score (nSPS) is 14.3. The van der Waals surface area contributed by atoms with Crippen molar-refractivity contribution in [1.82, 2.24) is 14.5 Å². The maximum Gasteiger partial charge on any atom is 0.261 e. The van der Waals surface area contributed by atoms with Gasteiger partial charge in [-0.2, -0.15) is 0 Å². The summed E-state index contributed by atoms with van der Waals surface area (Å²) >= 11 is 0. The van der Waals surface area contributed by atoms with Crippen LogP contribution in [0.25, 0.3) is 16.5 Å². The number of rotatable bonds is 3. The lowest BCUT2D eigenvalue weighted by atomic mass is 9.99. The molecule has 0 atom stereocenters. The Hall–Kier alpha value is -3.21. The number of carbonyl (C=O) groups excluding carboxylic acids is 1. The molecule has 0 aliphatic carbocycles. The molecule has 4 rings (SSSR count). The van der Waals surface area contributed by atoms with Crippen LogP contribution < -0.4 is 5.56 Å². The molecule has 0 saturated carbocycles.